The van der Waals surface area contributed by atoms with Crippen molar-refractivity contribution in [2.24, 2.45) is 0 Å². The standard InChI is InChI=1S/C50H36N2/c1-3-12-35(13-4-1)38-22-27-42(28-23-38)51(44-29-24-37-16-7-8-17-40(37)33-44)45-30-25-39-26-31-49-50(47(39)34-45)46-20-9-10-21-48(46)52(49)43-19-11-18-41(32-43)36-14-5-2-6-15-36/h1-22,24-27,29-34H,23,28H2. The van der Waals surface area contributed by atoms with Crippen LogP contribution in [0.1, 0.15) is 18.4 Å². The lowest BCUT2D eigenvalue weighted by molar-refractivity contribution is 0.931. The maximum atomic E-state index is 2.48. The molecule has 246 valence electrons. The number of allylic oxidation sites excluding steroid dienone is 4. The summed E-state index contributed by atoms with van der Waals surface area (Å²) in [7, 11) is 0. The second-order valence-corrected chi connectivity index (χ2v) is 13.7. The smallest absolute Gasteiger partial charge is 0.0547 e. The Morgan fingerprint density at radius 2 is 1.08 bits per heavy atom. The molecular weight excluding hydrogens is 629 g/mol. The van der Waals surface area contributed by atoms with Gasteiger partial charge in [0.2, 0.25) is 0 Å². The molecule has 0 spiro atoms. The largest absolute Gasteiger partial charge is 0.314 e. The normalized spacial score (nSPS) is 13.1. The Bertz CT molecular complexity index is 2840. The Labute approximate surface area is 303 Å². The minimum absolute atomic E-state index is 0.951. The first-order chi connectivity index (χ1) is 25.8. The third-order valence-electron chi connectivity index (χ3n) is 10.7. The summed E-state index contributed by atoms with van der Waals surface area (Å²) in [6.45, 7) is 0. The summed E-state index contributed by atoms with van der Waals surface area (Å²) >= 11 is 0. The number of benzene rings is 8. The number of anilines is 2. The van der Waals surface area contributed by atoms with Crippen LogP contribution in [0.25, 0.3) is 65.7 Å². The first-order valence-electron chi connectivity index (χ1n) is 18.1. The van der Waals surface area contributed by atoms with Gasteiger partial charge in [0.25, 0.3) is 0 Å². The molecule has 9 aromatic rings. The molecule has 0 aliphatic heterocycles. The van der Waals surface area contributed by atoms with Gasteiger partial charge in [-0.3, -0.25) is 0 Å². The quantitative estimate of drug-likeness (QED) is 0.172. The van der Waals surface area contributed by atoms with E-state index in [1.165, 1.54) is 82.7 Å². The van der Waals surface area contributed by atoms with E-state index in [9.17, 15) is 0 Å². The third-order valence-corrected chi connectivity index (χ3v) is 10.7. The van der Waals surface area contributed by atoms with Crippen LogP contribution in [-0.2, 0) is 0 Å². The fraction of sp³-hybridized carbons (Fsp3) is 0.0400. The molecule has 8 aromatic carbocycles. The van der Waals surface area contributed by atoms with Gasteiger partial charge in [-0.15, -0.1) is 0 Å². The van der Waals surface area contributed by atoms with Crippen LogP contribution >= 0.6 is 0 Å². The van der Waals surface area contributed by atoms with Crippen molar-refractivity contribution in [2.45, 2.75) is 12.8 Å². The summed E-state index contributed by atoms with van der Waals surface area (Å²) in [5, 5.41) is 7.52. The molecule has 1 aliphatic rings. The predicted molar refractivity (Wildman–Crippen MR) is 222 cm³/mol. The first-order valence-corrected chi connectivity index (χ1v) is 18.1. The van der Waals surface area contributed by atoms with Crippen molar-refractivity contribution in [3.05, 3.63) is 205 Å². The molecule has 52 heavy (non-hydrogen) atoms. The van der Waals surface area contributed by atoms with E-state index in [1.54, 1.807) is 0 Å². The summed E-state index contributed by atoms with van der Waals surface area (Å²) in [6.07, 6.45) is 6.59. The van der Waals surface area contributed by atoms with E-state index in [2.05, 4.69) is 204 Å². The number of hydrogen-bond donors (Lipinski definition) is 0. The highest BCUT2D eigenvalue weighted by atomic mass is 15.1. The van der Waals surface area contributed by atoms with Crippen LogP contribution < -0.4 is 4.90 Å². The van der Waals surface area contributed by atoms with Crippen molar-refractivity contribution < 1.29 is 0 Å². The SMILES string of the molecule is C1=C(c2ccccc2)CCC(N(c2ccc3ccccc3c2)c2ccc3ccc4c(c3c2)c2ccccc2n4-c2cccc(-c3ccccc3)c2)=C1. The second kappa shape index (κ2) is 12.6. The number of para-hydroxylation sites is 1. The molecule has 1 heterocycles. The minimum Gasteiger partial charge on any atom is -0.314 e. The Hall–Kier alpha value is -6.64. The maximum absolute atomic E-state index is 2.48. The topological polar surface area (TPSA) is 8.17 Å². The minimum atomic E-state index is 0.951. The molecule has 0 saturated heterocycles. The van der Waals surface area contributed by atoms with Crippen LogP contribution in [-0.4, -0.2) is 4.57 Å². The molecular formula is C50H36N2. The molecule has 2 nitrogen and oxygen atoms in total. The number of nitrogens with zero attached hydrogens (tertiary/aromatic N) is 2. The van der Waals surface area contributed by atoms with Crippen LogP contribution in [0, 0.1) is 0 Å². The van der Waals surface area contributed by atoms with Gasteiger partial charge in [-0.1, -0.05) is 140 Å². The van der Waals surface area contributed by atoms with Crippen molar-refractivity contribution in [1.82, 2.24) is 4.57 Å². The molecule has 10 rings (SSSR count). The van der Waals surface area contributed by atoms with Crippen molar-refractivity contribution in [2.75, 3.05) is 4.90 Å². The van der Waals surface area contributed by atoms with Crippen molar-refractivity contribution in [3.63, 3.8) is 0 Å². The molecule has 0 bridgehead atoms. The molecule has 0 N–H and O–H groups in total. The van der Waals surface area contributed by atoms with Gasteiger partial charge in [0.05, 0.1) is 11.0 Å². The lowest BCUT2D eigenvalue weighted by atomic mass is 9.94. The van der Waals surface area contributed by atoms with Crippen LogP contribution in [0.3, 0.4) is 0 Å². The Balaban J connectivity index is 1.17. The van der Waals surface area contributed by atoms with Gasteiger partial charge >= 0.3 is 0 Å². The summed E-state index contributed by atoms with van der Waals surface area (Å²) in [5.41, 5.74) is 12.3. The molecule has 0 amide bonds. The fourth-order valence-electron chi connectivity index (χ4n) is 8.15. The summed E-state index contributed by atoms with van der Waals surface area (Å²) in [6, 6.07) is 66.3. The van der Waals surface area contributed by atoms with E-state index in [1.807, 2.05) is 0 Å². The lowest BCUT2D eigenvalue weighted by Crippen LogP contribution is -2.18. The highest BCUT2D eigenvalue weighted by molar-refractivity contribution is 6.22. The van der Waals surface area contributed by atoms with Crippen molar-refractivity contribution >= 4 is 60.3 Å². The zero-order valence-corrected chi connectivity index (χ0v) is 28.8. The molecule has 1 aromatic heterocycles. The van der Waals surface area contributed by atoms with Crippen molar-refractivity contribution in [1.29, 1.82) is 0 Å². The Morgan fingerprint density at radius 1 is 0.404 bits per heavy atom. The van der Waals surface area contributed by atoms with E-state index in [0.717, 1.165) is 18.5 Å². The van der Waals surface area contributed by atoms with E-state index >= 15 is 0 Å². The van der Waals surface area contributed by atoms with Crippen LogP contribution in [0.5, 0.6) is 0 Å². The summed E-state index contributed by atoms with van der Waals surface area (Å²) < 4.78 is 2.43. The molecule has 2 heteroatoms. The van der Waals surface area contributed by atoms with E-state index in [0.29, 0.717) is 0 Å². The Kier molecular flexibility index (Phi) is 7.32. The Morgan fingerprint density at radius 3 is 1.88 bits per heavy atom. The average Bonchev–Trinajstić information content (AvgIpc) is 3.57. The molecule has 1 aliphatic carbocycles. The molecule has 0 atom stereocenters. The van der Waals surface area contributed by atoms with Gasteiger partial charge in [0.1, 0.15) is 0 Å². The zero-order valence-electron chi connectivity index (χ0n) is 28.8. The number of fused-ring (bicyclic) bond motifs is 6. The number of rotatable bonds is 6. The van der Waals surface area contributed by atoms with Gasteiger partial charge in [0.15, 0.2) is 0 Å². The highest BCUT2D eigenvalue weighted by Crippen LogP contribution is 2.42. The molecule has 0 unspecified atom stereocenters. The van der Waals surface area contributed by atoms with Gasteiger partial charge < -0.3 is 9.47 Å². The van der Waals surface area contributed by atoms with Gasteiger partial charge in [-0.05, 0) is 111 Å². The number of aromatic nitrogens is 1. The highest BCUT2D eigenvalue weighted by Gasteiger charge is 2.21. The third kappa shape index (κ3) is 5.20. The van der Waals surface area contributed by atoms with Crippen molar-refractivity contribution in [3.8, 4) is 16.8 Å². The monoisotopic (exact) mass is 664 g/mol. The molecule has 0 radical (unpaired) electrons. The van der Waals surface area contributed by atoms with Crippen LogP contribution in [0.15, 0.2) is 200 Å². The molecule has 0 fully saturated rings. The average molecular weight is 665 g/mol. The zero-order chi connectivity index (χ0) is 34.4. The maximum Gasteiger partial charge on any atom is 0.0547 e. The first kappa shape index (κ1) is 30.2. The van der Waals surface area contributed by atoms with Gasteiger partial charge in [-0.25, -0.2) is 0 Å². The summed E-state index contributed by atoms with van der Waals surface area (Å²) in [5.74, 6) is 0. The van der Waals surface area contributed by atoms with E-state index in [4.69, 9.17) is 0 Å². The number of hydrogen-bond acceptors (Lipinski definition) is 1. The lowest BCUT2D eigenvalue weighted by Gasteiger charge is -2.30. The van der Waals surface area contributed by atoms with E-state index in [-0.39, 0.29) is 0 Å². The van der Waals surface area contributed by atoms with Gasteiger partial charge in [0, 0.05) is 33.5 Å². The summed E-state index contributed by atoms with van der Waals surface area (Å²) in [4.78, 5) is 2.48. The van der Waals surface area contributed by atoms with Crippen LogP contribution in [0.2, 0.25) is 0 Å². The predicted octanol–water partition coefficient (Wildman–Crippen LogP) is 13.7. The van der Waals surface area contributed by atoms with Gasteiger partial charge in [-0.2, -0.15) is 0 Å². The second-order valence-electron chi connectivity index (χ2n) is 13.7. The van der Waals surface area contributed by atoms with E-state index < -0.39 is 0 Å². The van der Waals surface area contributed by atoms with Crippen LogP contribution in [0.4, 0.5) is 11.4 Å². The fourth-order valence-corrected chi connectivity index (χ4v) is 8.15. The molecule has 0 saturated carbocycles.